The predicted octanol–water partition coefficient (Wildman–Crippen LogP) is 3.35. The fraction of sp³-hybridized carbons (Fsp3) is 0.571. The second-order valence-corrected chi connectivity index (χ2v) is 5.61. The van der Waals surface area contributed by atoms with Crippen molar-refractivity contribution in [3.63, 3.8) is 0 Å². The van der Waals surface area contributed by atoms with Gasteiger partial charge in [0.25, 0.3) is 0 Å². The first-order valence-electron chi connectivity index (χ1n) is 6.08. The van der Waals surface area contributed by atoms with Crippen LogP contribution in [0.4, 0.5) is 4.39 Å². The first kappa shape index (κ1) is 14.5. The van der Waals surface area contributed by atoms with E-state index in [0.717, 1.165) is 13.0 Å². The Labute approximate surface area is 108 Å². The summed E-state index contributed by atoms with van der Waals surface area (Å²) < 4.78 is 12.7. The van der Waals surface area contributed by atoms with Crippen molar-refractivity contribution in [2.75, 3.05) is 18.6 Å². The van der Waals surface area contributed by atoms with Crippen LogP contribution in [0, 0.1) is 11.7 Å². The Hall–Kier alpha value is -0.540. The summed E-state index contributed by atoms with van der Waals surface area (Å²) >= 11 is 1.89. The van der Waals surface area contributed by atoms with E-state index in [4.69, 9.17) is 0 Å². The molecule has 0 spiro atoms. The maximum Gasteiger partial charge on any atom is 0.123 e. The molecule has 96 valence electrons. The number of rotatable bonds is 7. The first-order valence-corrected chi connectivity index (χ1v) is 7.48. The Kier molecular flexibility index (Phi) is 6.60. The van der Waals surface area contributed by atoms with E-state index in [2.05, 4.69) is 25.4 Å². The molecule has 0 aliphatic carbocycles. The van der Waals surface area contributed by atoms with Gasteiger partial charge >= 0.3 is 0 Å². The molecule has 1 aromatic rings. The molecule has 2 unspecified atom stereocenters. The molecule has 0 heterocycles. The van der Waals surface area contributed by atoms with Crippen LogP contribution in [0.3, 0.4) is 0 Å². The largest absolute Gasteiger partial charge is 0.314 e. The van der Waals surface area contributed by atoms with Gasteiger partial charge in [-0.15, -0.1) is 0 Å². The molecule has 0 saturated carbocycles. The molecule has 0 amide bonds. The molecule has 2 atom stereocenters. The van der Waals surface area contributed by atoms with Crippen molar-refractivity contribution in [3.8, 4) is 0 Å². The zero-order chi connectivity index (χ0) is 12.7. The highest BCUT2D eigenvalue weighted by atomic mass is 32.2. The summed E-state index contributed by atoms with van der Waals surface area (Å²) in [6, 6.07) is 7.21. The number of benzene rings is 1. The zero-order valence-electron chi connectivity index (χ0n) is 10.9. The van der Waals surface area contributed by atoms with E-state index < -0.39 is 0 Å². The summed E-state index contributed by atoms with van der Waals surface area (Å²) in [4.78, 5) is 0. The first-order chi connectivity index (χ1) is 8.11. The molecule has 0 radical (unpaired) electrons. The quantitative estimate of drug-likeness (QED) is 0.802. The lowest BCUT2D eigenvalue weighted by atomic mass is 10.1. The molecule has 3 heteroatoms. The average Bonchev–Trinajstić information content (AvgIpc) is 2.30. The molecule has 0 aliphatic heterocycles. The van der Waals surface area contributed by atoms with Crippen molar-refractivity contribution >= 4 is 11.8 Å². The van der Waals surface area contributed by atoms with Crippen LogP contribution in [0.25, 0.3) is 0 Å². The number of halogens is 1. The molecule has 1 N–H and O–H groups in total. The molecule has 17 heavy (non-hydrogen) atoms. The Morgan fingerprint density at radius 1 is 1.24 bits per heavy atom. The van der Waals surface area contributed by atoms with E-state index in [0.29, 0.717) is 12.0 Å². The number of thioether (sulfide) groups is 1. The predicted molar refractivity (Wildman–Crippen MR) is 75.1 cm³/mol. The van der Waals surface area contributed by atoms with Gasteiger partial charge in [0.1, 0.15) is 5.82 Å². The highest BCUT2D eigenvalue weighted by Gasteiger charge is 2.06. The molecular weight excluding hydrogens is 233 g/mol. The van der Waals surface area contributed by atoms with Gasteiger partial charge in [0, 0.05) is 6.04 Å². The van der Waals surface area contributed by atoms with E-state index in [-0.39, 0.29) is 5.82 Å². The lowest BCUT2D eigenvalue weighted by Gasteiger charge is -2.17. The topological polar surface area (TPSA) is 12.0 Å². The van der Waals surface area contributed by atoms with E-state index in [1.165, 1.54) is 23.4 Å². The highest BCUT2D eigenvalue weighted by Crippen LogP contribution is 2.07. The summed E-state index contributed by atoms with van der Waals surface area (Å²) in [5, 5.41) is 3.52. The Morgan fingerprint density at radius 3 is 2.47 bits per heavy atom. The van der Waals surface area contributed by atoms with Crippen LogP contribution in [0.5, 0.6) is 0 Å². The van der Waals surface area contributed by atoms with Gasteiger partial charge in [-0.3, -0.25) is 0 Å². The summed E-state index contributed by atoms with van der Waals surface area (Å²) in [6.07, 6.45) is 3.09. The molecule has 0 fully saturated rings. The lowest BCUT2D eigenvalue weighted by molar-refractivity contribution is 0.486. The third-order valence-electron chi connectivity index (χ3n) is 2.72. The van der Waals surface area contributed by atoms with Crippen LogP contribution < -0.4 is 5.32 Å². The van der Waals surface area contributed by atoms with Crippen molar-refractivity contribution < 1.29 is 4.39 Å². The summed E-state index contributed by atoms with van der Waals surface area (Å²) in [5.74, 6) is 1.72. The molecule has 1 aromatic carbocycles. The molecular formula is C14H22FNS. The van der Waals surface area contributed by atoms with E-state index >= 15 is 0 Å². The fourth-order valence-electron chi connectivity index (χ4n) is 1.79. The molecule has 0 aliphatic rings. The minimum atomic E-state index is -0.164. The van der Waals surface area contributed by atoms with Crippen molar-refractivity contribution in [2.45, 2.75) is 26.3 Å². The van der Waals surface area contributed by atoms with Gasteiger partial charge in [-0.05, 0) is 55.5 Å². The van der Waals surface area contributed by atoms with E-state index in [9.17, 15) is 4.39 Å². The van der Waals surface area contributed by atoms with Gasteiger partial charge < -0.3 is 5.32 Å². The number of hydrogen-bond acceptors (Lipinski definition) is 2. The van der Waals surface area contributed by atoms with Crippen LogP contribution in [-0.2, 0) is 6.42 Å². The average molecular weight is 255 g/mol. The third kappa shape index (κ3) is 6.08. The van der Waals surface area contributed by atoms with Gasteiger partial charge in [0.2, 0.25) is 0 Å². The van der Waals surface area contributed by atoms with Crippen LogP contribution in [0.15, 0.2) is 24.3 Å². The third-order valence-corrected chi connectivity index (χ3v) is 3.62. The Bertz CT molecular complexity index is 313. The lowest BCUT2D eigenvalue weighted by Crippen LogP contribution is -2.32. The van der Waals surface area contributed by atoms with Crippen molar-refractivity contribution in [1.29, 1.82) is 0 Å². The van der Waals surface area contributed by atoms with Crippen LogP contribution in [0.2, 0.25) is 0 Å². The standard InChI is InChI=1S/C14H22FNS/c1-11(10-17-3)9-16-12(2)8-13-4-6-14(15)7-5-13/h4-7,11-12,16H,8-10H2,1-3H3. The molecule has 1 rings (SSSR count). The summed E-state index contributed by atoms with van der Waals surface area (Å²) in [7, 11) is 0. The maximum absolute atomic E-state index is 12.7. The van der Waals surface area contributed by atoms with Crippen molar-refractivity contribution in [3.05, 3.63) is 35.6 Å². The smallest absolute Gasteiger partial charge is 0.123 e. The van der Waals surface area contributed by atoms with Gasteiger partial charge in [0.15, 0.2) is 0 Å². The van der Waals surface area contributed by atoms with Gasteiger partial charge in [-0.1, -0.05) is 19.1 Å². The van der Waals surface area contributed by atoms with E-state index in [1.807, 2.05) is 23.9 Å². The number of hydrogen-bond donors (Lipinski definition) is 1. The minimum absolute atomic E-state index is 0.164. The second-order valence-electron chi connectivity index (χ2n) is 4.70. The monoisotopic (exact) mass is 255 g/mol. The van der Waals surface area contributed by atoms with Crippen LogP contribution >= 0.6 is 11.8 Å². The zero-order valence-corrected chi connectivity index (χ0v) is 11.7. The minimum Gasteiger partial charge on any atom is -0.314 e. The number of nitrogens with one attached hydrogen (secondary N) is 1. The van der Waals surface area contributed by atoms with E-state index in [1.54, 1.807) is 0 Å². The van der Waals surface area contributed by atoms with Gasteiger partial charge in [-0.25, -0.2) is 4.39 Å². The normalized spacial score (nSPS) is 14.6. The van der Waals surface area contributed by atoms with Crippen LogP contribution in [0.1, 0.15) is 19.4 Å². The van der Waals surface area contributed by atoms with Crippen LogP contribution in [-0.4, -0.2) is 24.6 Å². The highest BCUT2D eigenvalue weighted by molar-refractivity contribution is 7.98. The fourth-order valence-corrected chi connectivity index (χ4v) is 2.48. The maximum atomic E-state index is 12.7. The van der Waals surface area contributed by atoms with Crippen molar-refractivity contribution in [2.24, 2.45) is 5.92 Å². The van der Waals surface area contributed by atoms with Crippen molar-refractivity contribution in [1.82, 2.24) is 5.32 Å². The Balaban J connectivity index is 2.29. The van der Waals surface area contributed by atoms with Gasteiger partial charge in [-0.2, -0.15) is 11.8 Å². The molecule has 0 bridgehead atoms. The molecule has 0 saturated heterocycles. The SMILES string of the molecule is CSCC(C)CNC(C)Cc1ccc(F)cc1. The molecule has 1 nitrogen and oxygen atoms in total. The van der Waals surface area contributed by atoms with Gasteiger partial charge in [0.05, 0.1) is 0 Å². The summed E-state index contributed by atoms with van der Waals surface area (Å²) in [6.45, 7) is 5.48. The second kappa shape index (κ2) is 7.72. The Morgan fingerprint density at radius 2 is 1.88 bits per heavy atom. The molecule has 0 aromatic heterocycles. The summed E-state index contributed by atoms with van der Waals surface area (Å²) in [5.41, 5.74) is 1.18.